The van der Waals surface area contributed by atoms with Gasteiger partial charge in [-0.25, -0.2) is 0 Å². The van der Waals surface area contributed by atoms with Crippen LogP contribution in [0.25, 0.3) is 11.5 Å². The number of nitrogens with zero attached hydrogens (tertiary/aromatic N) is 2. The van der Waals surface area contributed by atoms with E-state index in [4.69, 9.17) is 4.42 Å². The molecule has 1 saturated carbocycles. The molecule has 0 atom stereocenters. The first-order chi connectivity index (χ1) is 11.7. The van der Waals surface area contributed by atoms with E-state index in [1.165, 1.54) is 43.0 Å². The van der Waals surface area contributed by atoms with Crippen LogP contribution in [0.5, 0.6) is 0 Å². The Kier molecular flexibility index (Phi) is 5.91. The Balaban J connectivity index is 1.49. The zero-order valence-corrected chi connectivity index (χ0v) is 14.8. The molecule has 0 bridgehead atoms. The first kappa shape index (κ1) is 17.0. The van der Waals surface area contributed by atoms with Crippen molar-refractivity contribution in [1.82, 2.24) is 15.5 Å². The van der Waals surface area contributed by atoms with Crippen LogP contribution < -0.4 is 5.32 Å². The van der Waals surface area contributed by atoms with E-state index in [0.717, 1.165) is 18.4 Å². The Labute approximate surface area is 146 Å². The number of benzene rings is 1. The lowest BCUT2D eigenvalue weighted by Crippen LogP contribution is -2.35. The molecular formula is C18H23N3O2S. The van der Waals surface area contributed by atoms with Crippen molar-refractivity contribution in [3.63, 3.8) is 0 Å². The Morgan fingerprint density at radius 3 is 2.58 bits per heavy atom. The van der Waals surface area contributed by atoms with Crippen LogP contribution in [-0.2, 0) is 4.79 Å². The van der Waals surface area contributed by atoms with Crippen LogP contribution >= 0.6 is 11.8 Å². The molecule has 24 heavy (non-hydrogen) atoms. The summed E-state index contributed by atoms with van der Waals surface area (Å²) in [5.74, 6) is 0.843. The lowest BCUT2D eigenvalue weighted by Gasteiger charge is -2.15. The maximum atomic E-state index is 12.1. The van der Waals surface area contributed by atoms with Crippen LogP contribution in [0.3, 0.4) is 0 Å². The molecule has 6 heteroatoms. The molecule has 1 aromatic heterocycles. The normalized spacial score (nSPS) is 15.9. The second-order valence-electron chi connectivity index (χ2n) is 6.28. The van der Waals surface area contributed by atoms with Gasteiger partial charge in [0.1, 0.15) is 0 Å². The first-order valence-corrected chi connectivity index (χ1v) is 9.52. The van der Waals surface area contributed by atoms with Gasteiger partial charge in [0.2, 0.25) is 11.8 Å². The lowest BCUT2D eigenvalue weighted by atomic mass is 10.1. The number of hydrogen-bond acceptors (Lipinski definition) is 5. The maximum absolute atomic E-state index is 12.1. The molecule has 1 aromatic carbocycles. The number of carbonyl (C=O) groups is 1. The molecule has 2 aromatic rings. The van der Waals surface area contributed by atoms with E-state index in [-0.39, 0.29) is 5.91 Å². The summed E-state index contributed by atoms with van der Waals surface area (Å²) in [5, 5.41) is 11.6. The van der Waals surface area contributed by atoms with Gasteiger partial charge in [-0.15, -0.1) is 10.2 Å². The quantitative estimate of drug-likeness (QED) is 0.656. The second-order valence-corrected chi connectivity index (χ2v) is 7.21. The highest BCUT2D eigenvalue weighted by atomic mass is 32.2. The molecule has 3 rings (SSSR count). The van der Waals surface area contributed by atoms with Gasteiger partial charge in [-0.2, -0.15) is 0 Å². The van der Waals surface area contributed by atoms with Crippen LogP contribution in [0.2, 0.25) is 0 Å². The van der Waals surface area contributed by atoms with Crippen LogP contribution in [0.4, 0.5) is 0 Å². The average molecular weight is 345 g/mol. The Morgan fingerprint density at radius 2 is 1.88 bits per heavy atom. The summed E-state index contributed by atoms with van der Waals surface area (Å²) >= 11 is 1.29. The number of aryl methyl sites for hydroxylation is 1. The Hall–Kier alpha value is -1.82. The Bertz CT molecular complexity index is 661. The van der Waals surface area contributed by atoms with Crippen molar-refractivity contribution in [3.05, 3.63) is 29.8 Å². The fourth-order valence-corrected chi connectivity index (χ4v) is 3.48. The van der Waals surface area contributed by atoms with E-state index >= 15 is 0 Å². The molecule has 1 fully saturated rings. The van der Waals surface area contributed by atoms with Gasteiger partial charge in [-0.05, 0) is 31.9 Å². The van der Waals surface area contributed by atoms with Crippen molar-refractivity contribution < 1.29 is 9.21 Å². The molecule has 1 N–H and O–H groups in total. The van der Waals surface area contributed by atoms with Gasteiger partial charge >= 0.3 is 0 Å². The zero-order chi connectivity index (χ0) is 16.8. The molecule has 0 spiro atoms. The minimum absolute atomic E-state index is 0.0435. The molecule has 1 aliphatic carbocycles. The maximum Gasteiger partial charge on any atom is 0.277 e. The van der Waals surface area contributed by atoms with E-state index in [1.54, 1.807) is 0 Å². The number of aromatic nitrogens is 2. The van der Waals surface area contributed by atoms with Gasteiger partial charge in [0, 0.05) is 11.6 Å². The molecule has 1 heterocycles. The molecule has 1 amide bonds. The molecule has 0 aliphatic heterocycles. The summed E-state index contributed by atoms with van der Waals surface area (Å²) in [7, 11) is 0. The molecule has 0 radical (unpaired) electrons. The fraction of sp³-hybridized carbons (Fsp3) is 0.500. The summed E-state index contributed by atoms with van der Waals surface area (Å²) in [6, 6.07) is 8.25. The zero-order valence-electron chi connectivity index (χ0n) is 14.0. The fourth-order valence-electron chi connectivity index (χ4n) is 2.90. The number of carbonyl (C=O) groups excluding carboxylic acids is 1. The van der Waals surface area contributed by atoms with Gasteiger partial charge in [0.15, 0.2) is 0 Å². The van der Waals surface area contributed by atoms with Crippen LogP contribution in [0.15, 0.2) is 33.9 Å². The van der Waals surface area contributed by atoms with Crippen molar-refractivity contribution in [2.24, 2.45) is 0 Å². The number of thioether (sulfide) groups is 1. The highest BCUT2D eigenvalue weighted by Crippen LogP contribution is 2.23. The van der Waals surface area contributed by atoms with E-state index in [0.29, 0.717) is 22.9 Å². The highest BCUT2D eigenvalue weighted by molar-refractivity contribution is 7.99. The smallest absolute Gasteiger partial charge is 0.277 e. The second kappa shape index (κ2) is 8.33. The summed E-state index contributed by atoms with van der Waals surface area (Å²) in [6.45, 7) is 2.03. The van der Waals surface area contributed by atoms with Crippen LogP contribution in [-0.4, -0.2) is 27.9 Å². The Morgan fingerprint density at radius 1 is 1.17 bits per heavy atom. The standard InChI is InChI=1S/C18H23N3O2S/c1-13-8-10-14(11-9-13)17-20-21-18(23-17)24-12-16(22)19-15-6-4-2-3-5-7-15/h8-11,15H,2-7,12H2,1H3,(H,19,22). The first-order valence-electron chi connectivity index (χ1n) is 8.53. The van der Waals surface area contributed by atoms with E-state index in [1.807, 2.05) is 31.2 Å². The highest BCUT2D eigenvalue weighted by Gasteiger charge is 2.16. The van der Waals surface area contributed by atoms with Crippen LogP contribution in [0.1, 0.15) is 44.1 Å². The summed E-state index contributed by atoms with van der Waals surface area (Å²) in [4.78, 5) is 12.1. The number of rotatable bonds is 5. The van der Waals surface area contributed by atoms with E-state index < -0.39 is 0 Å². The topological polar surface area (TPSA) is 68.0 Å². The molecule has 0 unspecified atom stereocenters. The van der Waals surface area contributed by atoms with Crippen molar-refractivity contribution in [2.75, 3.05) is 5.75 Å². The summed E-state index contributed by atoms with van der Waals surface area (Å²) < 4.78 is 5.63. The predicted octanol–water partition coefficient (Wildman–Crippen LogP) is 3.98. The summed E-state index contributed by atoms with van der Waals surface area (Å²) in [5.41, 5.74) is 2.07. The third-order valence-electron chi connectivity index (χ3n) is 4.25. The molecule has 1 aliphatic rings. The van der Waals surface area contributed by atoms with Crippen molar-refractivity contribution >= 4 is 17.7 Å². The minimum Gasteiger partial charge on any atom is -0.411 e. The number of hydrogen-bond donors (Lipinski definition) is 1. The van der Waals surface area contributed by atoms with Crippen molar-refractivity contribution in [1.29, 1.82) is 0 Å². The third-order valence-corrected chi connectivity index (χ3v) is 5.07. The van der Waals surface area contributed by atoms with Crippen molar-refractivity contribution in [2.45, 2.75) is 56.7 Å². The predicted molar refractivity (Wildman–Crippen MR) is 94.8 cm³/mol. The SMILES string of the molecule is Cc1ccc(-c2nnc(SCC(=O)NC3CCCCCC3)o2)cc1. The largest absolute Gasteiger partial charge is 0.411 e. The molecule has 0 saturated heterocycles. The summed E-state index contributed by atoms with van der Waals surface area (Å²) in [6.07, 6.45) is 7.17. The van der Waals surface area contributed by atoms with Gasteiger partial charge < -0.3 is 9.73 Å². The monoisotopic (exact) mass is 345 g/mol. The van der Waals surface area contributed by atoms with Crippen molar-refractivity contribution in [3.8, 4) is 11.5 Å². The lowest BCUT2D eigenvalue weighted by molar-refractivity contribution is -0.119. The average Bonchev–Trinajstić information content (AvgIpc) is 2.91. The molecular weight excluding hydrogens is 322 g/mol. The van der Waals surface area contributed by atoms with Gasteiger partial charge in [0.25, 0.3) is 5.22 Å². The van der Waals surface area contributed by atoms with Gasteiger partial charge in [-0.3, -0.25) is 4.79 Å². The van der Waals surface area contributed by atoms with E-state index in [2.05, 4.69) is 15.5 Å². The van der Waals surface area contributed by atoms with Gasteiger partial charge in [-0.1, -0.05) is 55.1 Å². The number of amides is 1. The van der Waals surface area contributed by atoms with Crippen LogP contribution in [0, 0.1) is 6.92 Å². The molecule has 128 valence electrons. The van der Waals surface area contributed by atoms with Gasteiger partial charge in [0.05, 0.1) is 5.75 Å². The van der Waals surface area contributed by atoms with E-state index in [9.17, 15) is 4.79 Å². The minimum atomic E-state index is 0.0435. The third kappa shape index (κ3) is 4.84. The molecule has 5 nitrogen and oxygen atoms in total. The number of nitrogens with one attached hydrogen (secondary N) is 1.